The molecule has 8 heteroatoms. The molecule has 172 valence electrons. The number of carbonyl (C=O) groups excluding carboxylic acids is 2. The summed E-state index contributed by atoms with van der Waals surface area (Å²) in [5.74, 6) is -4.30. The van der Waals surface area contributed by atoms with Gasteiger partial charge in [0.15, 0.2) is 0 Å². The van der Waals surface area contributed by atoms with Crippen molar-refractivity contribution < 1.29 is 27.2 Å². The summed E-state index contributed by atoms with van der Waals surface area (Å²) in [5.41, 5.74) is 0.361. The second kappa shape index (κ2) is 10.1. The zero-order chi connectivity index (χ0) is 23.4. The maximum atomic E-state index is 14.0. The smallest absolute Gasteiger partial charge is 0.223 e. The predicted molar refractivity (Wildman–Crippen MR) is 111 cm³/mol. The van der Waals surface area contributed by atoms with Crippen LogP contribution in [0.5, 0.6) is 0 Å². The van der Waals surface area contributed by atoms with Gasteiger partial charge in [-0.05, 0) is 45.2 Å². The molecule has 32 heavy (non-hydrogen) atoms. The molecule has 0 spiro atoms. The third kappa shape index (κ3) is 5.66. The number of halogens is 4. The summed E-state index contributed by atoms with van der Waals surface area (Å²) in [6.45, 7) is 3.22. The molecule has 4 nitrogen and oxygen atoms in total. The van der Waals surface area contributed by atoms with Crippen LogP contribution in [0.2, 0.25) is 0 Å². The summed E-state index contributed by atoms with van der Waals surface area (Å²) in [6, 6.07) is 5.08. The van der Waals surface area contributed by atoms with Crippen LogP contribution in [-0.2, 0) is 9.59 Å². The van der Waals surface area contributed by atoms with Gasteiger partial charge in [-0.3, -0.25) is 9.59 Å². The van der Waals surface area contributed by atoms with Crippen molar-refractivity contribution in [2.45, 2.75) is 51.6 Å². The van der Waals surface area contributed by atoms with Crippen LogP contribution < -0.4 is 10.6 Å². The van der Waals surface area contributed by atoms with Crippen molar-refractivity contribution in [2.75, 3.05) is 0 Å². The molecule has 4 atom stereocenters. The lowest BCUT2D eigenvalue weighted by Crippen LogP contribution is -2.40. The minimum absolute atomic E-state index is 0.181. The van der Waals surface area contributed by atoms with Gasteiger partial charge in [0.2, 0.25) is 11.8 Å². The van der Waals surface area contributed by atoms with Crippen LogP contribution in [0.4, 0.5) is 17.6 Å². The van der Waals surface area contributed by atoms with Crippen LogP contribution in [0.3, 0.4) is 0 Å². The quantitative estimate of drug-likeness (QED) is 0.602. The molecule has 2 aromatic rings. The lowest BCUT2D eigenvalue weighted by Gasteiger charge is -2.29. The average molecular weight is 450 g/mol. The molecule has 0 heterocycles. The number of benzene rings is 2. The van der Waals surface area contributed by atoms with Gasteiger partial charge in [-0.25, -0.2) is 17.6 Å². The third-order valence-electron chi connectivity index (χ3n) is 5.99. The van der Waals surface area contributed by atoms with E-state index in [-0.39, 0.29) is 22.9 Å². The number of nitrogens with one attached hydrogen (secondary N) is 2. The molecule has 0 bridgehead atoms. The normalized spacial score (nSPS) is 20.3. The van der Waals surface area contributed by atoms with Gasteiger partial charge in [0.25, 0.3) is 0 Å². The molecule has 2 N–H and O–H groups in total. The Kier molecular flexibility index (Phi) is 7.53. The average Bonchev–Trinajstić information content (AvgIpc) is 2.73. The van der Waals surface area contributed by atoms with Crippen molar-refractivity contribution in [3.63, 3.8) is 0 Å². The zero-order valence-electron chi connectivity index (χ0n) is 17.9. The highest BCUT2D eigenvalue weighted by molar-refractivity contribution is 5.83. The van der Waals surface area contributed by atoms with E-state index in [9.17, 15) is 27.2 Å². The molecule has 0 aliphatic heterocycles. The van der Waals surface area contributed by atoms with Crippen molar-refractivity contribution in [3.05, 3.63) is 70.8 Å². The van der Waals surface area contributed by atoms with Crippen LogP contribution in [-0.4, -0.2) is 11.8 Å². The SMILES string of the molecule is CC(NC(=O)C1CCCC(C(=O)NC(C)c2ccc(F)cc2F)C1)c1ccc(F)cc1F. The van der Waals surface area contributed by atoms with E-state index in [4.69, 9.17) is 0 Å². The summed E-state index contributed by atoms with van der Waals surface area (Å²) in [6.07, 6.45) is 2.16. The van der Waals surface area contributed by atoms with E-state index in [0.717, 1.165) is 24.3 Å². The van der Waals surface area contributed by atoms with Gasteiger partial charge in [0.05, 0.1) is 12.1 Å². The lowest BCUT2D eigenvalue weighted by molar-refractivity contribution is -0.130. The molecule has 2 aromatic carbocycles. The van der Waals surface area contributed by atoms with E-state index >= 15 is 0 Å². The number of rotatable bonds is 6. The molecule has 1 aliphatic rings. The fraction of sp³-hybridized carbons (Fsp3) is 0.417. The first-order valence-electron chi connectivity index (χ1n) is 10.7. The summed E-state index contributed by atoms with van der Waals surface area (Å²) in [7, 11) is 0. The second-order valence-corrected chi connectivity index (χ2v) is 8.35. The molecule has 1 saturated carbocycles. The number of hydrogen-bond donors (Lipinski definition) is 2. The van der Waals surface area contributed by atoms with Crippen molar-refractivity contribution in [2.24, 2.45) is 11.8 Å². The molecule has 0 radical (unpaired) electrons. The van der Waals surface area contributed by atoms with Gasteiger partial charge in [-0.15, -0.1) is 0 Å². The summed E-state index contributed by atoms with van der Waals surface area (Å²) < 4.78 is 54.2. The second-order valence-electron chi connectivity index (χ2n) is 8.35. The maximum absolute atomic E-state index is 14.0. The molecule has 0 saturated heterocycles. The van der Waals surface area contributed by atoms with Gasteiger partial charge >= 0.3 is 0 Å². The highest BCUT2D eigenvalue weighted by Crippen LogP contribution is 2.31. The van der Waals surface area contributed by atoms with Gasteiger partial charge < -0.3 is 10.6 Å². The maximum Gasteiger partial charge on any atom is 0.223 e. The van der Waals surface area contributed by atoms with Crippen LogP contribution >= 0.6 is 0 Å². The van der Waals surface area contributed by atoms with Crippen LogP contribution in [0.25, 0.3) is 0 Å². The number of hydrogen-bond acceptors (Lipinski definition) is 2. The molecule has 1 aliphatic carbocycles. The predicted octanol–water partition coefficient (Wildman–Crippen LogP) is 5.10. The first-order valence-corrected chi connectivity index (χ1v) is 10.7. The molecule has 4 unspecified atom stereocenters. The fourth-order valence-electron chi connectivity index (χ4n) is 4.19. The lowest BCUT2D eigenvalue weighted by atomic mass is 9.80. The van der Waals surface area contributed by atoms with E-state index < -0.39 is 47.2 Å². The molecular formula is C24H26F4N2O2. The third-order valence-corrected chi connectivity index (χ3v) is 5.99. The Bertz CT molecular complexity index is 920. The monoisotopic (exact) mass is 450 g/mol. The zero-order valence-corrected chi connectivity index (χ0v) is 17.9. The standard InChI is InChI=1S/C24H26F4N2O2/c1-13(19-8-6-17(25)11-21(19)27)29-23(31)15-4-3-5-16(10-15)24(32)30-14(2)20-9-7-18(26)12-22(20)28/h6-9,11-16H,3-5,10H2,1-2H3,(H,29,31)(H,30,32). The Labute approximate surface area is 184 Å². The molecule has 3 rings (SSSR count). The van der Waals surface area contributed by atoms with Gasteiger partial charge in [-0.2, -0.15) is 0 Å². The van der Waals surface area contributed by atoms with Crippen molar-refractivity contribution in [3.8, 4) is 0 Å². The van der Waals surface area contributed by atoms with Crippen LogP contribution in [0.1, 0.15) is 62.7 Å². The Morgan fingerprint density at radius 1 is 0.781 bits per heavy atom. The van der Waals surface area contributed by atoms with Crippen LogP contribution in [0, 0.1) is 35.1 Å². The first kappa shape index (κ1) is 23.8. The van der Waals surface area contributed by atoms with E-state index in [0.29, 0.717) is 25.7 Å². The molecular weight excluding hydrogens is 424 g/mol. The van der Waals surface area contributed by atoms with E-state index in [2.05, 4.69) is 10.6 Å². The Hall–Kier alpha value is -2.90. The van der Waals surface area contributed by atoms with E-state index in [1.165, 1.54) is 12.1 Å². The topological polar surface area (TPSA) is 58.2 Å². The molecule has 1 fully saturated rings. The van der Waals surface area contributed by atoms with E-state index in [1.54, 1.807) is 13.8 Å². The minimum Gasteiger partial charge on any atom is -0.349 e. The van der Waals surface area contributed by atoms with Gasteiger partial charge in [0.1, 0.15) is 23.3 Å². The van der Waals surface area contributed by atoms with Gasteiger partial charge in [-0.1, -0.05) is 18.6 Å². The summed E-state index contributed by atoms with van der Waals surface area (Å²) >= 11 is 0. The van der Waals surface area contributed by atoms with E-state index in [1.807, 2.05) is 0 Å². The largest absolute Gasteiger partial charge is 0.349 e. The fourth-order valence-corrected chi connectivity index (χ4v) is 4.19. The summed E-state index contributed by atoms with van der Waals surface area (Å²) in [5, 5.41) is 5.49. The van der Waals surface area contributed by atoms with Gasteiger partial charge in [0, 0.05) is 35.1 Å². The van der Waals surface area contributed by atoms with Crippen molar-refractivity contribution in [1.29, 1.82) is 0 Å². The van der Waals surface area contributed by atoms with Crippen molar-refractivity contribution in [1.82, 2.24) is 10.6 Å². The number of amides is 2. The minimum atomic E-state index is -0.735. The molecule has 2 amide bonds. The Morgan fingerprint density at radius 2 is 1.19 bits per heavy atom. The Balaban J connectivity index is 1.59. The number of carbonyl (C=O) groups is 2. The molecule has 0 aromatic heterocycles. The summed E-state index contributed by atoms with van der Waals surface area (Å²) in [4.78, 5) is 25.4. The Morgan fingerprint density at radius 3 is 1.56 bits per heavy atom. The first-order chi connectivity index (χ1) is 15.2. The highest BCUT2D eigenvalue weighted by Gasteiger charge is 2.32. The van der Waals surface area contributed by atoms with Crippen molar-refractivity contribution >= 4 is 11.8 Å². The highest BCUT2D eigenvalue weighted by atomic mass is 19.1. The van der Waals surface area contributed by atoms with Crippen LogP contribution in [0.15, 0.2) is 36.4 Å².